The molecule has 2 aliphatic heterocycles. The summed E-state index contributed by atoms with van der Waals surface area (Å²) in [4.78, 5) is 36.0. The zero-order valence-corrected chi connectivity index (χ0v) is 17.0. The van der Waals surface area contributed by atoms with Crippen molar-refractivity contribution < 1.29 is 28.6 Å². The molecule has 0 aromatic rings. The number of aldehydes is 1. The van der Waals surface area contributed by atoms with Crippen molar-refractivity contribution >= 4 is 18.2 Å². The fourth-order valence-electron chi connectivity index (χ4n) is 6.39. The van der Waals surface area contributed by atoms with Crippen LogP contribution in [0.2, 0.25) is 0 Å². The zero-order valence-electron chi connectivity index (χ0n) is 17.0. The molecule has 0 bridgehead atoms. The molecule has 2 heterocycles. The molecular formula is C22H30O6. The van der Waals surface area contributed by atoms with Gasteiger partial charge in [-0.25, -0.2) is 4.79 Å². The van der Waals surface area contributed by atoms with Crippen LogP contribution in [0.25, 0.3) is 0 Å². The summed E-state index contributed by atoms with van der Waals surface area (Å²) in [6, 6.07) is 0. The Hall–Kier alpha value is -1.69. The number of rotatable bonds is 5. The van der Waals surface area contributed by atoms with Crippen LogP contribution in [0.1, 0.15) is 59.3 Å². The molecule has 28 heavy (non-hydrogen) atoms. The molecule has 6 nitrogen and oxygen atoms in total. The van der Waals surface area contributed by atoms with Gasteiger partial charge in [-0.1, -0.05) is 20.3 Å². The largest absolute Gasteiger partial charge is 0.461 e. The molecule has 0 radical (unpaired) electrons. The van der Waals surface area contributed by atoms with Gasteiger partial charge in [0.05, 0.1) is 12.0 Å². The van der Waals surface area contributed by atoms with Crippen LogP contribution >= 0.6 is 0 Å². The molecule has 6 atom stereocenters. The van der Waals surface area contributed by atoms with E-state index < -0.39 is 17.1 Å². The SMILES string of the molecule is CC(=O)O[C@H]1C[C@@H](C)[C@](C)(CCC2=CC(=O)OC2)[C@H]2CCC[C@]3(CO3)[C@]12C=O. The van der Waals surface area contributed by atoms with Gasteiger partial charge in [0.1, 0.15) is 24.6 Å². The molecule has 0 unspecified atom stereocenters. The normalized spacial score (nSPS) is 44.5. The van der Waals surface area contributed by atoms with E-state index in [9.17, 15) is 14.4 Å². The lowest BCUT2D eigenvalue weighted by atomic mass is 9.43. The van der Waals surface area contributed by atoms with E-state index in [2.05, 4.69) is 13.8 Å². The van der Waals surface area contributed by atoms with Gasteiger partial charge >= 0.3 is 11.9 Å². The van der Waals surface area contributed by atoms with Crippen LogP contribution in [-0.2, 0) is 28.6 Å². The number of cyclic esters (lactones) is 1. The lowest BCUT2D eigenvalue weighted by Crippen LogP contribution is -2.66. The summed E-state index contributed by atoms with van der Waals surface area (Å²) < 4.78 is 16.7. The topological polar surface area (TPSA) is 82.2 Å². The van der Waals surface area contributed by atoms with Gasteiger partial charge < -0.3 is 19.0 Å². The van der Waals surface area contributed by atoms with Gasteiger partial charge in [-0.2, -0.15) is 0 Å². The quantitative estimate of drug-likeness (QED) is 0.408. The van der Waals surface area contributed by atoms with Crippen molar-refractivity contribution in [1.82, 2.24) is 0 Å². The van der Waals surface area contributed by atoms with Gasteiger partial charge in [0.2, 0.25) is 0 Å². The molecule has 0 aromatic heterocycles. The van der Waals surface area contributed by atoms with E-state index in [1.54, 1.807) is 6.08 Å². The minimum atomic E-state index is -0.783. The number of esters is 2. The van der Waals surface area contributed by atoms with Gasteiger partial charge in [0, 0.05) is 13.0 Å². The van der Waals surface area contributed by atoms with E-state index in [0.29, 0.717) is 19.6 Å². The fourth-order valence-corrected chi connectivity index (χ4v) is 6.39. The first-order valence-electron chi connectivity index (χ1n) is 10.4. The smallest absolute Gasteiger partial charge is 0.331 e. The first kappa shape index (κ1) is 19.6. The number of hydrogen-bond acceptors (Lipinski definition) is 6. The average molecular weight is 390 g/mol. The highest BCUT2D eigenvalue weighted by Gasteiger charge is 2.74. The van der Waals surface area contributed by atoms with E-state index in [1.165, 1.54) is 6.92 Å². The van der Waals surface area contributed by atoms with Crippen LogP contribution in [0, 0.1) is 22.7 Å². The summed E-state index contributed by atoms with van der Waals surface area (Å²) in [5, 5.41) is 0. The van der Waals surface area contributed by atoms with Crippen molar-refractivity contribution in [2.75, 3.05) is 13.2 Å². The minimum absolute atomic E-state index is 0.0838. The van der Waals surface area contributed by atoms with E-state index in [4.69, 9.17) is 14.2 Å². The number of fused-ring (bicyclic) bond motifs is 2. The van der Waals surface area contributed by atoms with Crippen LogP contribution < -0.4 is 0 Å². The predicted molar refractivity (Wildman–Crippen MR) is 100 cm³/mol. The van der Waals surface area contributed by atoms with Gasteiger partial charge in [-0.05, 0) is 54.9 Å². The summed E-state index contributed by atoms with van der Waals surface area (Å²) in [6.07, 6.45) is 7.32. The lowest BCUT2D eigenvalue weighted by molar-refractivity contribution is -0.204. The van der Waals surface area contributed by atoms with E-state index in [0.717, 1.165) is 44.0 Å². The average Bonchev–Trinajstić information content (AvgIpc) is 3.29. The predicted octanol–water partition coefficient (Wildman–Crippen LogP) is 2.98. The summed E-state index contributed by atoms with van der Waals surface area (Å²) in [5.41, 5.74) is -0.353. The minimum Gasteiger partial charge on any atom is -0.461 e. The molecule has 6 heteroatoms. The van der Waals surface area contributed by atoms with Crippen LogP contribution in [0.3, 0.4) is 0 Å². The van der Waals surface area contributed by atoms with Crippen molar-refractivity contribution in [3.63, 3.8) is 0 Å². The van der Waals surface area contributed by atoms with Crippen molar-refractivity contribution in [3.05, 3.63) is 11.6 Å². The molecule has 0 amide bonds. The van der Waals surface area contributed by atoms with E-state index >= 15 is 0 Å². The number of epoxide rings is 1. The molecular weight excluding hydrogens is 360 g/mol. The van der Waals surface area contributed by atoms with E-state index in [-0.39, 0.29) is 29.2 Å². The first-order valence-corrected chi connectivity index (χ1v) is 10.4. The maximum atomic E-state index is 12.7. The van der Waals surface area contributed by atoms with Gasteiger partial charge in [-0.15, -0.1) is 0 Å². The van der Waals surface area contributed by atoms with Crippen molar-refractivity contribution in [2.24, 2.45) is 22.7 Å². The second-order valence-electron chi connectivity index (χ2n) is 9.43. The Balaban J connectivity index is 1.68. The Labute approximate surface area is 166 Å². The molecule has 2 saturated carbocycles. The molecule has 3 fully saturated rings. The summed E-state index contributed by atoms with van der Waals surface area (Å²) in [7, 11) is 0. The second kappa shape index (κ2) is 6.68. The third-order valence-electron chi connectivity index (χ3n) is 8.16. The molecule has 154 valence electrons. The Bertz CT molecular complexity index is 723. The maximum absolute atomic E-state index is 12.7. The molecule has 1 spiro atoms. The second-order valence-corrected chi connectivity index (χ2v) is 9.43. The van der Waals surface area contributed by atoms with Crippen LogP contribution in [-0.4, -0.2) is 43.1 Å². The number of hydrogen-bond donors (Lipinski definition) is 0. The Kier molecular flexibility index (Phi) is 4.68. The monoisotopic (exact) mass is 390 g/mol. The van der Waals surface area contributed by atoms with Crippen molar-refractivity contribution in [3.8, 4) is 0 Å². The molecule has 2 aliphatic carbocycles. The lowest BCUT2D eigenvalue weighted by Gasteiger charge is -2.61. The van der Waals surface area contributed by atoms with Gasteiger partial charge in [0.15, 0.2) is 0 Å². The van der Waals surface area contributed by atoms with Gasteiger partial charge in [-0.3, -0.25) is 4.79 Å². The zero-order chi connectivity index (χ0) is 20.2. The number of carbonyl (C=O) groups excluding carboxylic acids is 3. The number of carbonyl (C=O) groups is 3. The molecule has 0 N–H and O–H groups in total. The highest BCUT2D eigenvalue weighted by molar-refractivity contribution is 5.85. The van der Waals surface area contributed by atoms with Crippen molar-refractivity contribution in [2.45, 2.75) is 71.0 Å². The summed E-state index contributed by atoms with van der Waals surface area (Å²) in [6.45, 7) is 6.82. The summed E-state index contributed by atoms with van der Waals surface area (Å²) >= 11 is 0. The third-order valence-corrected chi connectivity index (χ3v) is 8.16. The third kappa shape index (κ3) is 2.75. The maximum Gasteiger partial charge on any atom is 0.331 e. The highest BCUT2D eigenvalue weighted by atomic mass is 16.6. The molecule has 1 saturated heterocycles. The van der Waals surface area contributed by atoms with Gasteiger partial charge in [0.25, 0.3) is 0 Å². The molecule has 4 rings (SSSR count). The Morgan fingerprint density at radius 1 is 1.43 bits per heavy atom. The van der Waals surface area contributed by atoms with Crippen LogP contribution in [0.4, 0.5) is 0 Å². The van der Waals surface area contributed by atoms with E-state index in [1.807, 2.05) is 0 Å². The Morgan fingerprint density at radius 2 is 2.18 bits per heavy atom. The number of ether oxygens (including phenoxy) is 3. The van der Waals surface area contributed by atoms with Crippen molar-refractivity contribution in [1.29, 1.82) is 0 Å². The fraction of sp³-hybridized carbons (Fsp3) is 0.773. The first-order chi connectivity index (χ1) is 13.3. The standard InChI is InChI=1S/C22H30O6/c1-14-9-18(28-15(2)24)22(12-23)17(5-4-7-21(22)13-27-21)20(14,3)8-6-16-10-19(25)26-11-16/h10,12,14,17-18H,4-9,11,13H2,1-3H3/t14-,17-,18+,20+,21+,22+/m1/s1. The van der Waals surface area contributed by atoms with Crippen LogP contribution in [0.5, 0.6) is 0 Å². The molecule has 4 aliphatic rings. The molecule has 0 aromatic carbocycles. The Morgan fingerprint density at radius 3 is 2.75 bits per heavy atom. The highest BCUT2D eigenvalue weighted by Crippen LogP contribution is 2.68. The van der Waals surface area contributed by atoms with Crippen LogP contribution in [0.15, 0.2) is 11.6 Å². The summed E-state index contributed by atoms with van der Waals surface area (Å²) in [5.74, 6) is -0.242.